The Morgan fingerprint density at radius 3 is 1.74 bits per heavy atom. The zero-order valence-corrected chi connectivity index (χ0v) is 16.6. The molecule has 1 N–H and O–H groups in total. The summed E-state index contributed by atoms with van der Waals surface area (Å²) >= 11 is 1.26. The van der Waals surface area contributed by atoms with Crippen molar-refractivity contribution < 1.29 is 26.3 Å². The molecule has 0 aliphatic heterocycles. The number of nitrogens with one attached hydrogen (secondary N) is 1. The molecule has 31 heavy (non-hydrogen) atoms. The molecular weight excluding hydrogens is 440 g/mol. The second-order valence-electron chi connectivity index (χ2n) is 6.62. The maximum Gasteiger partial charge on any atom is 0.416 e. The van der Waals surface area contributed by atoms with E-state index in [1.54, 1.807) is 13.1 Å². The summed E-state index contributed by atoms with van der Waals surface area (Å²) in [6.07, 6.45) is -8.88. The van der Waals surface area contributed by atoms with Gasteiger partial charge in [-0.1, -0.05) is 24.3 Å². The van der Waals surface area contributed by atoms with Gasteiger partial charge >= 0.3 is 12.4 Å². The minimum absolute atomic E-state index is 0.277. The molecule has 160 valence electrons. The number of anilines is 1. The fourth-order valence-corrected chi connectivity index (χ4v) is 4.13. The van der Waals surface area contributed by atoms with Gasteiger partial charge in [-0.25, -0.2) is 9.97 Å². The maximum atomic E-state index is 12.9. The van der Waals surface area contributed by atoms with Crippen molar-refractivity contribution in [3.63, 3.8) is 0 Å². The lowest BCUT2D eigenvalue weighted by Gasteiger charge is -2.09. The summed E-state index contributed by atoms with van der Waals surface area (Å²) in [4.78, 5) is 9.43. The second-order valence-corrected chi connectivity index (χ2v) is 7.67. The highest BCUT2D eigenvalue weighted by Crippen LogP contribution is 2.40. The lowest BCUT2D eigenvalue weighted by molar-refractivity contribution is -0.138. The van der Waals surface area contributed by atoms with Gasteiger partial charge in [-0.15, -0.1) is 11.3 Å². The SMILES string of the molecule is CNc1nc(-c2ccc(C(F)(F)F)cc2)c2sc(-c3ccc(C(F)(F)F)cc3)cc2n1. The number of aromatic nitrogens is 2. The van der Waals surface area contributed by atoms with E-state index in [9.17, 15) is 26.3 Å². The molecule has 0 unspecified atom stereocenters. The van der Waals surface area contributed by atoms with Crippen molar-refractivity contribution in [2.24, 2.45) is 0 Å². The third-order valence-corrected chi connectivity index (χ3v) is 5.76. The van der Waals surface area contributed by atoms with Crippen LogP contribution in [-0.2, 0) is 12.4 Å². The molecule has 0 saturated carbocycles. The monoisotopic (exact) mass is 453 g/mol. The Hall–Kier alpha value is -3.14. The van der Waals surface area contributed by atoms with Crippen LogP contribution < -0.4 is 5.32 Å². The fraction of sp³-hybridized carbons (Fsp3) is 0.143. The number of halogens is 6. The lowest BCUT2D eigenvalue weighted by Crippen LogP contribution is -2.04. The fourth-order valence-electron chi connectivity index (χ4n) is 3.02. The third-order valence-electron chi connectivity index (χ3n) is 4.58. The standard InChI is InChI=1S/C21H13F6N3S/c1-28-19-29-15-10-16(11-2-6-13(7-3-11)20(22,23)24)31-18(15)17(30-19)12-4-8-14(9-5-12)21(25,26)27/h2-10H,1H3,(H,28,29,30). The van der Waals surface area contributed by atoms with E-state index < -0.39 is 23.5 Å². The van der Waals surface area contributed by atoms with Gasteiger partial charge in [-0.05, 0) is 35.9 Å². The first-order valence-electron chi connectivity index (χ1n) is 8.91. The molecule has 2 aromatic carbocycles. The van der Waals surface area contributed by atoms with Gasteiger partial charge in [0.1, 0.15) is 0 Å². The van der Waals surface area contributed by atoms with Crippen LogP contribution >= 0.6 is 11.3 Å². The molecular formula is C21H13F6N3S. The average Bonchev–Trinajstić information content (AvgIpc) is 3.16. The van der Waals surface area contributed by atoms with E-state index >= 15 is 0 Å². The Morgan fingerprint density at radius 2 is 1.26 bits per heavy atom. The van der Waals surface area contributed by atoms with E-state index in [1.165, 1.54) is 35.6 Å². The van der Waals surface area contributed by atoms with Crippen molar-refractivity contribution >= 4 is 27.5 Å². The van der Waals surface area contributed by atoms with E-state index in [2.05, 4.69) is 15.3 Å². The Morgan fingerprint density at radius 1 is 0.742 bits per heavy atom. The molecule has 0 aliphatic rings. The van der Waals surface area contributed by atoms with Gasteiger partial charge in [0.05, 0.1) is 27.0 Å². The van der Waals surface area contributed by atoms with Crippen LogP contribution in [-0.4, -0.2) is 17.0 Å². The predicted molar refractivity (Wildman–Crippen MR) is 108 cm³/mol. The summed E-state index contributed by atoms with van der Waals surface area (Å²) in [5, 5.41) is 2.82. The van der Waals surface area contributed by atoms with Gasteiger partial charge in [-0.2, -0.15) is 26.3 Å². The summed E-state index contributed by atoms with van der Waals surface area (Å²) in [6, 6.07) is 11.1. The van der Waals surface area contributed by atoms with Crippen molar-refractivity contribution in [2.45, 2.75) is 12.4 Å². The number of hydrogen-bond donors (Lipinski definition) is 1. The van der Waals surface area contributed by atoms with Gasteiger partial charge in [-0.3, -0.25) is 0 Å². The quantitative estimate of drug-likeness (QED) is 0.336. The number of fused-ring (bicyclic) bond motifs is 1. The van der Waals surface area contributed by atoms with Gasteiger partial charge < -0.3 is 5.32 Å². The lowest BCUT2D eigenvalue weighted by atomic mass is 10.1. The molecule has 4 rings (SSSR count). The van der Waals surface area contributed by atoms with Crippen LogP contribution in [0.5, 0.6) is 0 Å². The first kappa shape index (κ1) is 21.1. The molecule has 4 aromatic rings. The molecule has 0 aliphatic carbocycles. The molecule has 0 spiro atoms. The number of hydrogen-bond acceptors (Lipinski definition) is 4. The van der Waals surface area contributed by atoms with E-state index in [0.717, 1.165) is 24.3 Å². The van der Waals surface area contributed by atoms with Crippen LogP contribution in [0.3, 0.4) is 0 Å². The highest BCUT2D eigenvalue weighted by atomic mass is 32.1. The zero-order valence-electron chi connectivity index (χ0n) is 15.8. The number of nitrogens with zero attached hydrogens (tertiary/aromatic N) is 2. The van der Waals surface area contributed by atoms with E-state index in [-0.39, 0.29) is 5.95 Å². The minimum Gasteiger partial charge on any atom is -0.357 e. The summed E-state index contributed by atoms with van der Waals surface area (Å²) in [6.45, 7) is 0. The van der Waals surface area contributed by atoms with Crippen molar-refractivity contribution in [1.82, 2.24) is 9.97 Å². The van der Waals surface area contributed by atoms with Crippen molar-refractivity contribution in [3.05, 3.63) is 65.7 Å². The van der Waals surface area contributed by atoms with Crippen LogP contribution in [0.4, 0.5) is 32.3 Å². The topological polar surface area (TPSA) is 37.8 Å². The van der Waals surface area contributed by atoms with Crippen LogP contribution in [0.25, 0.3) is 31.9 Å². The highest BCUT2D eigenvalue weighted by molar-refractivity contribution is 7.22. The molecule has 0 radical (unpaired) electrons. The van der Waals surface area contributed by atoms with Gasteiger partial charge in [0.25, 0.3) is 0 Å². The number of thiophene rings is 1. The first-order chi connectivity index (χ1) is 14.6. The Balaban J connectivity index is 1.81. The summed E-state index contributed by atoms with van der Waals surface area (Å²) < 4.78 is 77.7. The molecule has 0 fully saturated rings. The summed E-state index contributed by atoms with van der Waals surface area (Å²) in [5.41, 5.74) is 0.491. The van der Waals surface area contributed by atoms with E-state index in [4.69, 9.17) is 0 Å². The second kappa shape index (κ2) is 7.52. The Labute approximate surface area is 176 Å². The molecule has 0 bridgehead atoms. The van der Waals surface area contributed by atoms with Crippen LogP contribution in [0.2, 0.25) is 0 Å². The number of rotatable bonds is 3. The number of benzene rings is 2. The Bertz CT molecular complexity index is 1230. The van der Waals surface area contributed by atoms with Crippen molar-refractivity contribution in [3.8, 4) is 21.7 Å². The van der Waals surface area contributed by atoms with Crippen LogP contribution in [0.1, 0.15) is 11.1 Å². The first-order valence-corrected chi connectivity index (χ1v) is 9.72. The van der Waals surface area contributed by atoms with Crippen LogP contribution in [0.15, 0.2) is 54.6 Å². The zero-order chi connectivity index (χ0) is 22.4. The molecule has 0 amide bonds. The van der Waals surface area contributed by atoms with Gasteiger partial charge in [0.15, 0.2) is 0 Å². The molecule has 2 heterocycles. The molecule has 0 saturated heterocycles. The number of alkyl halides is 6. The molecule has 2 aromatic heterocycles. The van der Waals surface area contributed by atoms with Gasteiger partial charge in [0, 0.05) is 17.5 Å². The van der Waals surface area contributed by atoms with E-state index in [1.807, 2.05) is 0 Å². The minimum atomic E-state index is -4.45. The smallest absolute Gasteiger partial charge is 0.357 e. The average molecular weight is 453 g/mol. The highest BCUT2D eigenvalue weighted by Gasteiger charge is 2.31. The molecule has 10 heteroatoms. The van der Waals surface area contributed by atoms with Crippen molar-refractivity contribution in [1.29, 1.82) is 0 Å². The summed E-state index contributed by atoms with van der Waals surface area (Å²) in [5.74, 6) is 0.277. The van der Waals surface area contributed by atoms with Crippen molar-refractivity contribution in [2.75, 3.05) is 12.4 Å². The molecule has 0 atom stereocenters. The third kappa shape index (κ3) is 4.20. The van der Waals surface area contributed by atoms with Gasteiger partial charge in [0.2, 0.25) is 5.95 Å². The largest absolute Gasteiger partial charge is 0.416 e. The molecule has 3 nitrogen and oxygen atoms in total. The predicted octanol–water partition coefficient (Wildman–Crippen LogP) is 7.10. The summed E-state index contributed by atoms with van der Waals surface area (Å²) in [7, 11) is 1.61. The van der Waals surface area contributed by atoms with Crippen LogP contribution in [0, 0.1) is 0 Å². The Kier molecular flexibility index (Phi) is 5.12. The maximum absolute atomic E-state index is 12.9. The normalized spacial score (nSPS) is 12.4. The van der Waals surface area contributed by atoms with E-state index in [0.29, 0.717) is 31.9 Å².